The Hall–Kier alpha value is -2.82. The minimum absolute atomic E-state index is 0.254. The second-order valence-electron chi connectivity index (χ2n) is 3.82. The lowest BCUT2D eigenvalue weighted by atomic mass is 10.3. The van der Waals surface area contributed by atoms with Gasteiger partial charge < -0.3 is 8.83 Å². The van der Waals surface area contributed by atoms with Gasteiger partial charge in [-0.15, -0.1) is 0 Å². The number of furan rings is 2. The summed E-state index contributed by atoms with van der Waals surface area (Å²) >= 11 is 0. The second kappa shape index (κ2) is 4.81. The highest BCUT2D eigenvalue weighted by Crippen LogP contribution is 2.08. The third kappa shape index (κ3) is 2.40. The Morgan fingerprint density at radius 2 is 1.95 bits per heavy atom. The summed E-state index contributed by atoms with van der Waals surface area (Å²) in [5.74, 6) is 0.680. The molecule has 3 aromatic rings. The Kier molecular flexibility index (Phi) is 2.86. The molecule has 0 N–H and O–H groups in total. The third-order valence-electron chi connectivity index (χ3n) is 2.51. The molecule has 5 heteroatoms. The lowest BCUT2D eigenvalue weighted by Crippen LogP contribution is -2.11. The van der Waals surface area contributed by atoms with E-state index in [-0.39, 0.29) is 11.7 Å². The molecule has 0 unspecified atom stereocenters. The maximum absolute atomic E-state index is 11.9. The molecule has 19 heavy (non-hydrogen) atoms. The summed E-state index contributed by atoms with van der Waals surface area (Å²) in [6.45, 7) is 0. The Morgan fingerprint density at radius 3 is 2.68 bits per heavy atom. The van der Waals surface area contributed by atoms with Crippen LogP contribution in [0.15, 0.2) is 57.9 Å². The quantitative estimate of drug-likeness (QED) is 0.721. The number of carbonyl (C=O) groups excluding carboxylic acids is 1. The maximum atomic E-state index is 11.9. The van der Waals surface area contributed by atoms with Crippen LogP contribution in [0.3, 0.4) is 0 Å². The van der Waals surface area contributed by atoms with Crippen LogP contribution in [0.4, 0.5) is 0 Å². The van der Waals surface area contributed by atoms with E-state index in [4.69, 9.17) is 8.83 Å². The van der Waals surface area contributed by atoms with Crippen LogP contribution in [-0.2, 0) is 0 Å². The highest BCUT2D eigenvalue weighted by atomic mass is 16.3. The van der Waals surface area contributed by atoms with Crippen LogP contribution in [0.25, 0.3) is 12.2 Å². The number of carbonyl (C=O) groups is 1. The Bertz CT molecular complexity index is 691. The maximum Gasteiger partial charge on any atom is 0.313 e. The van der Waals surface area contributed by atoms with Gasteiger partial charge in [0, 0.05) is 6.20 Å². The number of hydrogen-bond acceptors (Lipinski definition) is 4. The van der Waals surface area contributed by atoms with E-state index < -0.39 is 0 Å². The number of rotatable bonds is 3. The van der Waals surface area contributed by atoms with Crippen molar-refractivity contribution in [1.82, 2.24) is 9.78 Å². The Labute approximate surface area is 108 Å². The highest BCUT2D eigenvalue weighted by molar-refractivity contribution is 5.92. The van der Waals surface area contributed by atoms with Gasteiger partial charge in [-0.05, 0) is 42.5 Å². The fourth-order valence-corrected chi connectivity index (χ4v) is 1.61. The van der Waals surface area contributed by atoms with E-state index in [1.54, 1.807) is 48.9 Å². The predicted molar refractivity (Wildman–Crippen MR) is 68.3 cm³/mol. The number of hydrogen-bond donors (Lipinski definition) is 0. The average molecular weight is 254 g/mol. The minimum Gasteiger partial charge on any atom is -0.465 e. The molecule has 0 spiro atoms. The molecule has 3 heterocycles. The SMILES string of the molecule is O=C(c1ccco1)n1ccc(/C=C/c2ccco2)n1. The van der Waals surface area contributed by atoms with E-state index in [0.717, 1.165) is 5.76 Å². The zero-order valence-electron chi connectivity index (χ0n) is 9.89. The van der Waals surface area contributed by atoms with Crippen LogP contribution < -0.4 is 0 Å². The highest BCUT2D eigenvalue weighted by Gasteiger charge is 2.11. The van der Waals surface area contributed by atoms with Crippen molar-refractivity contribution in [2.45, 2.75) is 0 Å². The fourth-order valence-electron chi connectivity index (χ4n) is 1.61. The van der Waals surface area contributed by atoms with Crippen LogP contribution in [0, 0.1) is 0 Å². The molecule has 0 aliphatic carbocycles. The molecule has 0 radical (unpaired) electrons. The van der Waals surface area contributed by atoms with Gasteiger partial charge in [-0.3, -0.25) is 4.79 Å². The second-order valence-corrected chi connectivity index (χ2v) is 3.82. The standard InChI is InChI=1S/C14H10N2O3/c17-14(13-4-2-10-19-13)16-8-7-11(15-16)5-6-12-3-1-9-18-12/h1-10H/b6-5+. The zero-order chi connectivity index (χ0) is 13.1. The molecule has 0 aliphatic heterocycles. The summed E-state index contributed by atoms with van der Waals surface area (Å²) in [5, 5.41) is 4.14. The average Bonchev–Trinajstić information content (AvgIpc) is 3.16. The summed E-state index contributed by atoms with van der Waals surface area (Å²) in [6, 6.07) is 8.64. The molecule has 0 saturated heterocycles. The zero-order valence-corrected chi connectivity index (χ0v) is 9.89. The molecule has 5 nitrogen and oxygen atoms in total. The summed E-state index contributed by atoms with van der Waals surface area (Å²) < 4.78 is 11.4. The van der Waals surface area contributed by atoms with E-state index in [1.165, 1.54) is 10.9 Å². The largest absolute Gasteiger partial charge is 0.465 e. The van der Waals surface area contributed by atoms with Crippen LogP contribution in [-0.4, -0.2) is 15.7 Å². The third-order valence-corrected chi connectivity index (χ3v) is 2.51. The summed E-state index contributed by atoms with van der Waals surface area (Å²) in [7, 11) is 0. The molecule has 0 fully saturated rings. The van der Waals surface area contributed by atoms with E-state index in [1.807, 2.05) is 6.07 Å². The normalized spacial score (nSPS) is 11.2. The molecular weight excluding hydrogens is 244 g/mol. The minimum atomic E-state index is -0.303. The van der Waals surface area contributed by atoms with E-state index in [9.17, 15) is 4.79 Å². The summed E-state index contributed by atoms with van der Waals surface area (Å²) in [6.07, 6.45) is 8.19. The molecular formula is C14H10N2O3. The van der Waals surface area contributed by atoms with Gasteiger partial charge >= 0.3 is 5.91 Å². The van der Waals surface area contributed by atoms with Gasteiger partial charge in [0.25, 0.3) is 0 Å². The van der Waals surface area contributed by atoms with Crippen molar-refractivity contribution in [2.24, 2.45) is 0 Å². The Balaban J connectivity index is 1.78. The first-order chi connectivity index (χ1) is 9.33. The summed E-state index contributed by atoms with van der Waals surface area (Å²) in [5.41, 5.74) is 0.663. The molecule has 0 saturated carbocycles. The van der Waals surface area contributed by atoms with Crippen molar-refractivity contribution < 1.29 is 13.6 Å². The van der Waals surface area contributed by atoms with Gasteiger partial charge in [0.1, 0.15) is 5.76 Å². The molecule has 3 rings (SSSR count). The molecule has 94 valence electrons. The van der Waals surface area contributed by atoms with Gasteiger partial charge in [0.15, 0.2) is 5.76 Å². The smallest absolute Gasteiger partial charge is 0.313 e. The van der Waals surface area contributed by atoms with Gasteiger partial charge in [-0.2, -0.15) is 5.10 Å². The molecule has 0 amide bonds. The first-order valence-corrected chi connectivity index (χ1v) is 5.68. The van der Waals surface area contributed by atoms with Crippen LogP contribution >= 0.6 is 0 Å². The first kappa shape index (κ1) is 11.3. The van der Waals surface area contributed by atoms with Crippen molar-refractivity contribution in [3.8, 4) is 0 Å². The van der Waals surface area contributed by atoms with Crippen molar-refractivity contribution in [2.75, 3.05) is 0 Å². The monoisotopic (exact) mass is 254 g/mol. The molecule has 0 atom stereocenters. The van der Waals surface area contributed by atoms with Crippen LogP contribution in [0.1, 0.15) is 22.0 Å². The topological polar surface area (TPSA) is 61.2 Å². The molecule has 0 aromatic carbocycles. The Morgan fingerprint density at radius 1 is 1.11 bits per heavy atom. The lowest BCUT2D eigenvalue weighted by Gasteiger charge is -1.94. The van der Waals surface area contributed by atoms with Gasteiger partial charge in [0.2, 0.25) is 0 Å². The van der Waals surface area contributed by atoms with Crippen molar-refractivity contribution >= 4 is 18.1 Å². The lowest BCUT2D eigenvalue weighted by molar-refractivity contribution is 0.0917. The van der Waals surface area contributed by atoms with Crippen molar-refractivity contribution in [3.05, 3.63) is 66.3 Å². The fraction of sp³-hybridized carbons (Fsp3) is 0. The van der Waals surface area contributed by atoms with Crippen molar-refractivity contribution in [3.63, 3.8) is 0 Å². The first-order valence-electron chi connectivity index (χ1n) is 5.68. The molecule has 3 aromatic heterocycles. The van der Waals surface area contributed by atoms with Crippen molar-refractivity contribution in [1.29, 1.82) is 0 Å². The van der Waals surface area contributed by atoms with Gasteiger partial charge in [-0.25, -0.2) is 4.68 Å². The summed E-state index contributed by atoms with van der Waals surface area (Å²) in [4.78, 5) is 11.9. The van der Waals surface area contributed by atoms with Crippen LogP contribution in [0.2, 0.25) is 0 Å². The van der Waals surface area contributed by atoms with Gasteiger partial charge in [-0.1, -0.05) is 0 Å². The van der Waals surface area contributed by atoms with E-state index in [0.29, 0.717) is 5.69 Å². The van der Waals surface area contributed by atoms with Crippen LogP contribution in [0.5, 0.6) is 0 Å². The number of nitrogens with zero attached hydrogens (tertiary/aromatic N) is 2. The number of aromatic nitrogens is 2. The van der Waals surface area contributed by atoms with E-state index in [2.05, 4.69) is 5.10 Å². The molecule has 0 bridgehead atoms. The predicted octanol–water partition coefficient (Wildman–Crippen LogP) is 2.93. The van der Waals surface area contributed by atoms with Gasteiger partial charge in [0.05, 0.1) is 18.2 Å². The molecule has 0 aliphatic rings. The van der Waals surface area contributed by atoms with E-state index >= 15 is 0 Å².